The molecule has 0 atom stereocenters. The maximum absolute atomic E-state index is 12.6. The quantitative estimate of drug-likeness (QED) is 0.146. The molecule has 1 aromatic heterocycles. The lowest BCUT2D eigenvalue weighted by Crippen LogP contribution is -2.18. The van der Waals surface area contributed by atoms with Crippen LogP contribution in [-0.2, 0) is 17.8 Å². The smallest absolute Gasteiger partial charge is 0.307 e. The van der Waals surface area contributed by atoms with Crippen LogP contribution < -0.4 is 14.8 Å². The molecule has 1 heterocycles. The number of pyridine rings is 1. The lowest BCUT2D eigenvalue weighted by atomic mass is 9.93. The van der Waals surface area contributed by atoms with Crippen molar-refractivity contribution >= 4 is 11.8 Å². The molecular weight excluding hydrogens is 504 g/mol. The summed E-state index contributed by atoms with van der Waals surface area (Å²) in [6.45, 7) is 5.89. The van der Waals surface area contributed by atoms with E-state index in [-0.39, 0.29) is 12.2 Å². The fraction of sp³-hybridized carbons (Fsp3) is 0.242. The maximum Gasteiger partial charge on any atom is 0.307 e. The summed E-state index contributed by atoms with van der Waals surface area (Å²) in [5, 5.41) is 12.8. The van der Waals surface area contributed by atoms with Crippen LogP contribution in [0.15, 0.2) is 85.1 Å². The van der Waals surface area contributed by atoms with Gasteiger partial charge < -0.3 is 19.9 Å². The Bertz CT molecular complexity index is 1440. The van der Waals surface area contributed by atoms with Crippen molar-refractivity contribution in [2.45, 2.75) is 33.2 Å². The minimum atomic E-state index is -0.890. The van der Waals surface area contributed by atoms with Gasteiger partial charge in [0, 0.05) is 48.5 Å². The number of benzene rings is 3. The maximum atomic E-state index is 12.6. The molecular formula is C33H34N2O5. The molecule has 7 heteroatoms. The lowest BCUT2D eigenvalue weighted by molar-refractivity contribution is -0.136. The Hall–Kier alpha value is -4.49. The Balaban J connectivity index is 1.65. The van der Waals surface area contributed by atoms with Gasteiger partial charge in [-0.1, -0.05) is 48.5 Å². The van der Waals surface area contributed by atoms with Crippen molar-refractivity contribution in [3.05, 3.63) is 102 Å². The highest BCUT2D eigenvalue weighted by Crippen LogP contribution is 2.36. The summed E-state index contributed by atoms with van der Waals surface area (Å²) in [4.78, 5) is 28.4. The highest BCUT2D eigenvalue weighted by molar-refractivity contribution is 5.96. The summed E-state index contributed by atoms with van der Waals surface area (Å²) in [5.41, 5.74) is 6.07. The third-order valence-corrected chi connectivity index (χ3v) is 6.40. The second kappa shape index (κ2) is 14.1. The second-order valence-corrected chi connectivity index (χ2v) is 9.24. The predicted octanol–water partition coefficient (Wildman–Crippen LogP) is 6.20. The first kappa shape index (κ1) is 28.5. The Morgan fingerprint density at radius 1 is 0.850 bits per heavy atom. The van der Waals surface area contributed by atoms with Crippen LogP contribution in [-0.4, -0.2) is 41.6 Å². The molecule has 0 spiro atoms. The monoisotopic (exact) mass is 538 g/mol. The molecule has 4 aromatic rings. The van der Waals surface area contributed by atoms with Crippen molar-refractivity contribution in [3.63, 3.8) is 0 Å². The van der Waals surface area contributed by atoms with Gasteiger partial charge in [0.1, 0.15) is 5.75 Å². The number of Topliss-reactive ketones (excluding diaryl/α,β-unsaturated/α-hetero) is 1. The number of nitrogens with zero attached hydrogens (tertiary/aromatic N) is 1. The van der Waals surface area contributed by atoms with Crippen molar-refractivity contribution < 1.29 is 24.2 Å². The number of hydrogen-bond acceptors (Lipinski definition) is 6. The Labute approximate surface area is 234 Å². The van der Waals surface area contributed by atoms with Crippen LogP contribution >= 0.6 is 0 Å². The fourth-order valence-electron chi connectivity index (χ4n) is 4.51. The number of ketones is 1. The third kappa shape index (κ3) is 7.55. The summed E-state index contributed by atoms with van der Waals surface area (Å²) >= 11 is 0. The van der Waals surface area contributed by atoms with Gasteiger partial charge in [-0.2, -0.15) is 0 Å². The molecule has 0 amide bonds. The van der Waals surface area contributed by atoms with Crippen LogP contribution in [0.25, 0.3) is 22.3 Å². The van der Waals surface area contributed by atoms with E-state index < -0.39 is 5.97 Å². The molecule has 40 heavy (non-hydrogen) atoms. The summed E-state index contributed by atoms with van der Waals surface area (Å²) in [6.07, 6.45) is 2.08. The van der Waals surface area contributed by atoms with Crippen LogP contribution in [0.4, 0.5) is 0 Å². The van der Waals surface area contributed by atoms with Crippen LogP contribution in [0, 0.1) is 0 Å². The fourth-order valence-corrected chi connectivity index (χ4v) is 4.51. The molecule has 0 fully saturated rings. The Morgan fingerprint density at radius 3 is 2.33 bits per heavy atom. The second-order valence-electron chi connectivity index (χ2n) is 9.24. The Morgan fingerprint density at radius 2 is 1.62 bits per heavy atom. The third-order valence-electron chi connectivity index (χ3n) is 6.40. The van der Waals surface area contributed by atoms with E-state index in [0.717, 1.165) is 27.8 Å². The van der Waals surface area contributed by atoms with Crippen molar-refractivity contribution in [2.24, 2.45) is 0 Å². The van der Waals surface area contributed by atoms with Gasteiger partial charge in [-0.05, 0) is 60.4 Å². The zero-order valence-electron chi connectivity index (χ0n) is 22.9. The number of nitrogens with one attached hydrogen (secondary N) is 1. The first-order chi connectivity index (χ1) is 19.5. The van der Waals surface area contributed by atoms with Gasteiger partial charge in [-0.15, -0.1) is 0 Å². The number of ether oxygens (including phenoxy) is 2. The van der Waals surface area contributed by atoms with E-state index in [1.807, 2.05) is 80.6 Å². The van der Waals surface area contributed by atoms with Gasteiger partial charge in [0.05, 0.1) is 19.6 Å². The van der Waals surface area contributed by atoms with E-state index in [1.165, 1.54) is 0 Å². The van der Waals surface area contributed by atoms with E-state index in [4.69, 9.17) is 9.47 Å². The van der Waals surface area contributed by atoms with Crippen LogP contribution in [0.3, 0.4) is 0 Å². The van der Waals surface area contributed by atoms with Crippen molar-refractivity contribution in [3.8, 4) is 33.9 Å². The lowest BCUT2D eigenvalue weighted by Gasteiger charge is -2.17. The molecule has 206 valence electrons. The summed E-state index contributed by atoms with van der Waals surface area (Å²) in [6, 6.07) is 24.7. The van der Waals surface area contributed by atoms with E-state index in [2.05, 4.69) is 16.4 Å². The highest BCUT2D eigenvalue weighted by Gasteiger charge is 2.15. The summed E-state index contributed by atoms with van der Waals surface area (Å²) in [7, 11) is 0. The zero-order valence-corrected chi connectivity index (χ0v) is 22.9. The molecule has 0 saturated carbocycles. The Kier molecular flexibility index (Phi) is 10.0. The molecule has 0 radical (unpaired) electrons. The predicted molar refractivity (Wildman–Crippen MR) is 156 cm³/mol. The average molecular weight is 539 g/mol. The largest absolute Gasteiger partial charge is 0.493 e. The highest BCUT2D eigenvalue weighted by atomic mass is 16.5. The van der Waals surface area contributed by atoms with Gasteiger partial charge >= 0.3 is 5.97 Å². The molecule has 2 N–H and O–H groups in total. The van der Waals surface area contributed by atoms with Crippen molar-refractivity contribution in [1.82, 2.24) is 10.3 Å². The molecule has 0 saturated heterocycles. The molecule has 3 aromatic carbocycles. The summed E-state index contributed by atoms with van der Waals surface area (Å²) < 4.78 is 11.4. The normalized spacial score (nSPS) is 10.8. The van der Waals surface area contributed by atoms with Gasteiger partial charge in [-0.3, -0.25) is 9.59 Å². The SMILES string of the molecule is CCOc1ccc(-c2ccc(-c3cc(CC(=O)O)ccc3OCC)c(CNCCC(=O)c3ccccc3)c2)cn1. The number of carbonyl (C=O) groups is 2. The molecule has 0 unspecified atom stereocenters. The molecule has 0 aliphatic heterocycles. The molecule has 0 aliphatic carbocycles. The molecule has 7 nitrogen and oxygen atoms in total. The van der Waals surface area contributed by atoms with Crippen molar-refractivity contribution in [2.75, 3.05) is 19.8 Å². The zero-order chi connectivity index (χ0) is 28.3. The van der Waals surface area contributed by atoms with E-state index in [9.17, 15) is 14.7 Å². The molecule has 4 rings (SSSR count). The van der Waals surface area contributed by atoms with E-state index >= 15 is 0 Å². The van der Waals surface area contributed by atoms with Crippen LogP contribution in [0.5, 0.6) is 11.6 Å². The molecule has 0 aliphatic rings. The summed E-state index contributed by atoms with van der Waals surface area (Å²) in [5.74, 6) is 0.457. The van der Waals surface area contributed by atoms with Crippen LogP contribution in [0.1, 0.15) is 41.8 Å². The van der Waals surface area contributed by atoms with E-state index in [1.54, 1.807) is 12.3 Å². The first-order valence-electron chi connectivity index (χ1n) is 13.5. The number of carboxylic acids is 1. The topological polar surface area (TPSA) is 97.8 Å². The van der Waals surface area contributed by atoms with Gasteiger partial charge in [0.25, 0.3) is 0 Å². The number of hydrogen-bond donors (Lipinski definition) is 2. The van der Waals surface area contributed by atoms with Gasteiger partial charge in [0.15, 0.2) is 5.78 Å². The number of carboxylic acid groups (broad SMARTS) is 1. The van der Waals surface area contributed by atoms with Gasteiger partial charge in [-0.25, -0.2) is 4.98 Å². The van der Waals surface area contributed by atoms with Gasteiger partial charge in [0.2, 0.25) is 5.88 Å². The minimum Gasteiger partial charge on any atom is -0.493 e. The first-order valence-corrected chi connectivity index (χ1v) is 13.5. The average Bonchev–Trinajstić information content (AvgIpc) is 2.97. The minimum absolute atomic E-state index is 0.0789. The number of aromatic nitrogens is 1. The van der Waals surface area contributed by atoms with Crippen LogP contribution in [0.2, 0.25) is 0 Å². The standard InChI is InChI=1S/C33H34N2O5/c1-3-39-31-14-10-23(19-33(37)38)18-29(31)28-13-11-25(26-12-15-32(35-22-26)40-4-2)20-27(28)21-34-17-16-30(36)24-8-6-5-7-9-24/h5-15,18,20,22,34H,3-4,16-17,19,21H2,1-2H3,(H,37,38). The van der Waals surface area contributed by atoms with Crippen molar-refractivity contribution in [1.29, 1.82) is 0 Å². The number of rotatable bonds is 14. The molecule has 0 bridgehead atoms. The number of carbonyl (C=O) groups excluding carboxylic acids is 1. The van der Waals surface area contributed by atoms with E-state index in [0.29, 0.717) is 55.5 Å². The number of aliphatic carboxylic acids is 1.